The summed E-state index contributed by atoms with van der Waals surface area (Å²) in [7, 11) is -3.85. The summed E-state index contributed by atoms with van der Waals surface area (Å²) in [6, 6.07) is 6.42. The molecule has 0 radical (unpaired) electrons. The molecule has 12 nitrogen and oxygen atoms in total. The summed E-state index contributed by atoms with van der Waals surface area (Å²) in [5.41, 5.74) is 0.467. The van der Waals surface area contributed by atoms with Crippen molar-refractivity contribution < 1.29 is 27.5 Å². The minimum absolute atomic E-state index is 0.0542. The van der Waals surface area contributed by atoms with E-state index < -0.39 is 56.7 Å². The molecule has 1 aromatic carbocycles. The summed E-state index contributed by atoms with van der Waals surface area (Å²) in [6.45, 7) is 3.95. The molecule has 3 aromatic rings. The van der Waals surface area contributed by atoms with Gasteiger partial charge in [-0.2, -0.15) is 0 Å². The molecule has 8 rings (SSSR count). The summed E-state index contributed by atoms with van der Waals surface area (Å²) >= 11 is 1.47. The Bertz CT molecular complexity index is 2020. The van der Waals surface area contributed by atoms with Gasteiger partial charge >= 0.3 is 0 Å². The number of aromatic nitrogens is 2. The third-order valence-electron chi connectivity index (χ3n) is 11.0. The van der Waals surface area contributed by atoms with Crippen LogP contribution in [0.1, 0.15) is 69.0 Å². The molecule has 3 amide bonds. The number of fused-ring (bicyclic) bond motifs is 5. The monoisotopic (exact) mass is 730 g/mol. The van der Waals surface area contributed by atoms with Crippen LogP contribution in [0.3, 0.4) is 0 Å². The van der Waals surface area contributed by atoms with Crippen molar-refractivity contribution in [3.63, 3.8) is 0 Å². The Hall–Kier alpha value is -4.30. The number of allylic oxidation sites excluding steroid dienone is 1. The molecule has 2 aromatic heterocycles. The maximum absolute atomic E-state index is 14.8. The molecular formula is C37H42N6O6S2. The third kappa shape index (κ3) is 6.75. The van der Waals surface area contributed by atoms with Crippen molar-refractivity contribution >= 4 is 61.1 Å². The number of hydrogen-bond donors (Lipinski definition) is 3. The number of rotatable bonds is 7. The van der Waals surface area contributed by atoms with Gasteiger partial charge < -0.3 is 20.3 Å². The highest BCUT2D eigenvalue weighted by Crippen LogP contribution is 2.46. The molecular weight excluding hydrogens is 689 g/mol. The van der Waals surface area contributed by atoms with E-state index in [0.717, 1.165) is 60.6 Å². The molecule has 3 saturated carbocycles. The molecule has 6 bridgehead atoms. The Morgan fingerprint density at radius 1 is 1.16 bits per heavy atom. The summed E-state index contributed by atoms with van der Waals surface area (Å²) in [4.78, 5) is 53.6. The van der Waals surface area contributed by atoms with E-state index >= 15 is 0 Å². The number of aryl methyl sites for hydroxylation is 1. The van der Waals surface area contributed by atoms with Crippen LogP contribution >= 0.6 is 11.3 Å². The number of hydrogen-bond acceptors (Lipinski definition) is 10. The molecule has 0 spiro atoms. The molecule has 5 aliphatic rings. The fourth-order valence-electron chi connectivity index (χ4n) is 7.83. The van der Waals surface area contributed by atoms with Crippen LogP contribution in [0.4, 0.5) is 5.13 Å². The fourth-order valence-corrected chi connectivity index (χ4v) is 9.98. The van der Waals surface area contributed by atoms with E-state index in [9.17, 15) is 22.8 Å². The molecule has 51 heavy (non-hydrogen) atoms. The number of carbonyl (C=O) groups is 3. The average Bonchev–Trinajstić information content (AvgIpc) is 3.90. The highest BCUT2D eigenvalue weighted by Gasteiger charge is 2.62. The van der Waals surface area contributed by atoms with Gasteiger partial charge in [0.1, 0.15) is 23.7 Å². The van der Waals surface area contributed by atoms with E-state index in [2.05, 4.69) is 39.1 Å². The van der Waals surface area contributed by atoms with Gasteiger partial charge in [0.15, 0.2) is 5.13 Å². The number of amides is 3. The second-order valence-corrected chi connectivity index (χ2v) is 17.3. The van der Waals surface area contributed by atoms with Crippen molar-refractivity contribution in [1.29, 1.82) is 0 Å². The topological polar surface area (TPSA) is 160 Å². The predicted octanol–water partition coefficient (Wildman–Crippen LogP) is 4.34. The number of nitrogens with one attached hydrogen (secondary N) is 3. The lowest BCUT2D eigenvalue weighted by Crippen LogP contribution is -2.58. The lowest BCUT2D eigenvalue weighted by Gasteiger charge is -2.32. The normalized spacial score (nSPS) is 28.1. The Kier molecular flexibility index (Phi) is 8.85. The van der Waals surface area contributed by atoms with Crippen molar-refractivity contribution in [3.8, 4) is 5.88 Å². The van der Waals surface area contributed by atoms with E-state index in [1.165, 1.54) is 11.3 Å². The van der Waals surface area contributed by atoms with Crippen LogP contribution < -0.4 is 20.1 Å². The van der Waals surface area contributed by atoms with E-state index in [1.54, 1.807) is 17.2 Å². The van der Waals surface area contributed by atoms with Crippen molar-refractivity contribution in [2.24, 2.45) is 11.8 Å². The lowest BCUT2D eigenvalue weighted by molar-refractivity contribution is -0.141. The zero-order valence-electron chi connectivity index (χ0n) is 28.3. The Labute approximate surface area is 301 Å². The Morgan fingerprint density at radius 2 is 1.98 bits per heavy atom. The standard InChI is InChI=1S/C37H42N6O6S2/c1-2-25-19-37(25,35(46)42-51(47,48)28-13-14-28)41-32(44)30-18-27-20-43(30)34(45)31(24-8-4-5-9-24)40-36-39-26(21-50-36)10-6-3-7-22-11-12-23-15-16-38-33(49-27)29(23)17-22/h2-3,7,11-12,15-17,21,24-25,27-28,30-31H,1,4-6,8-10,13-14,18-20H2,(H,39,40)(H,41,44)(H,42,46)/t25-,27-,30+,31+,37-/m1/s1. The smallest absolute Gasteiger partial charge is 0.259 e. The molecule has 0 unspecified atom stereocenters. The van der Waals surface area contributed by atoms with Gasteiger partial charge in [-0.05, 0) is 73.9 Å². The molecule has 14 heteroatoms. The van der Waals surface area contributed by atoms with Crippen molar-refractivity contribution in [2.45, 2.75) is 93.2 Å². The molecule has 3 aliphatic carbocycles. The van der Waals surface area contributed by atoms with Crippen molar-refractivity contribution in [3.05, 3.63) is 65.8 Å². The first kappa shape index (κ1) is 33.8. The van der Waals surface area contributed by atoms with E-state index in [4.69, 9.17) is 9.72 Å². The predicted molar refractivity (Wildman–Crippen MR) is 194 cm³/mol. The lowest BCUT2D eigenvalue weighted by atomic mass is 9.96. The minimum atomic E-state index is -3.85. The number of thiazole rings is 1. The van der Waals surface area contributed by atoms with Gasteiger partial charge in [-0.15, -0.1) is 17.9 Å². The first-order valence-corrected chi connectivity index (χ1v) is 20.3. The van der Waals surface area contributed by atoms with Gasteiger partial charge in [-0.1, -0.05) is 43.2 Å². The first-order chi connectivity index (χ1) is 24.6. The number of carbonyl (C=O) groups excluding carboxylic acids is 3. The number of pyridine rings is 1. The number of ether oxygens (including phenoxy) is 1. The summed E-state index contributed by atoms with van der Waals surface area (Å²) in [5, 5.41) is 10.2. The number of benzene rings is 1. The summed E-state index contributed by atoms with van der Waals surface area (Å²) < 4.78 is 34.2. The maximum atomic E-state index is 14.8. The van der Waals surface area contributed by atoms with Gasteiger partial charge in [-0.3, -0.25) is 19.1 Å². The number of nitrogens with zero attached hydrogens (tertiary/aromatic N) is 3. The van der Waals surface area contributed by atoms with Gasteiger partial charge in [-0.25, -0.2) is 18.4 Å². The highest BCUT2D eigenvalue weighted by atomic mass is 32.2. The zero-order chi connectivity index (χ0) is 35.3. The van der Waals surface area contributed by atoms with E-state index in [0.29, 0.717) is 23.9 Å². The molecule has 1 saturated heterocycles. The van der Waals surface area contributed by atoms with Gasteiger partial charge in [0.2, 0.25) is 27.7 Å². The van der Waals surface area contributed by atoms with Crippen LogP contribution in [0.25, 0.3) is 16.8 Å². The fraction of sp³-hybridized carbons (Fsp3) is 0.486. The van der Waals surface area contributed by atoms with Crippen LogP contribution in [-0.2, 0) is 30.8 Å². The van der Waals surface area contributed by atoms with Crippen LogP contribution in [0, 0.1) is 11.8 Å². The van der Waals surface area contributed by atoms with E-state index in [1.807, 2.05) is 29.6 Å². The highest BCUT2D eigenvalue weighted by molar-refractivity contribution is 7.91. The molecule has 3 N–H and O–H groups in total. The minimum Gasteiger partial charge on any atom is -0.472 e. The molecule has 2 aliphatic heterocycles. The molecule has 4 fully saturated rings. The third-order valence-corrected chi connectivity index (χ3v) is 13.6. The van der Waals surface area contributed by atoms with Gasteiger partial charge in [0, 0.05) is 29.3 Å². The molecule has 5 atom stereocenters. The summed E-state index contributed by atoms with van der Waals surface area (Å²) in [5.74, 6) is -1.53. The quantitative estimate of drug-likeness (QED) is 0.301. The SMILES string of the molecule is C=C[C@@H]1C[C@]1(NC(=O)[C@@H]1C[C@@H]2CN1C(=O)[C@H](C1CCCC1)Nc1nc(cs1)CCC=Cc1ccc3ccnc(c3c1)O2)C(=O)NS(=O)(=O)C1CC1. The number of anilines is 1. The summed E-state index contributed by atoms with van der Waals surface area (Å²) in [6.07, 6.45) is 13.6. The van der Waals surface area contributed by atoms with Crippen LogP contribution in [-0.4, -0.2) is 76.5 Å². The molecule has 268 valence electrons. The van der Waals surface area contributed by atoms with E-state index in [-0.39, 0.29) is 31.2 Å². The largest absolute Gasteiger partial charge is 0.472 e. The second kappa shape index (κ2) is 13.4. The van der Waals surface area contributed by atoms with Gasteiger partial charge in [0.25, 0.3) is 5.91 Å². The number of sulfonamides is 1. The van der Waals surface area contributed by atoms with Crippen LogP contribution in [0.15, 0.2) is 54.6 Å². The molecule has 4 heterocycles. The maximum Gasteiger partial charge on any atom is 0.259 e. The van der Waals surface area contributed by atoms with Crippen molar-refractivity contribution in [2.75, 3.05) is 11.9 Å². The Balaban J connectivity index is 1.14. The average molecular weight is 731 g/mol. The first-order valence-electron chi connectivity index (χ1n) is 17.9. The Morgan fingerprint density at radius 3 is 2.75 bits per heavy atom. The van der Waals surface area contributed by atoms with Crippen LogP contribution in [0.5, 0.6) is 5.88 Å². The second-order valence-electron chi connectivity index (χ2n) is 14.5. The zero-order valence-corrected chi connectivity index (χ0v) is 29.9. The van der Waals surface area contributed by atoms with Crippen molar-refractivity contribution in [1.82, 2.24) is 24.9 Å². The van der Waals surface area contributed by atoms with Gasteiger partial charge in [0.05, 0.1) is 17.5 Å². The van der Waals surface area contributed by atoms with Crippen LogP contribution in [0.2, 0.25) is 0 Å².